The molecule has 4 rings (SSSR count). The Morgan fingerprint density at radius 3 is 2.25 bits per heavy atom. The topological polar surface area (TPSA) is 130 Å². The summed E-state index contributed by atoms with van der Waals surface area (Å²) in [6, 6.07) is 21.9. The predicted molar refractivity (Wildman–Crippen MR) is 137 cm³/mol. The van der Waals surface area contributed by atoms with Crippen LogP contribution in [0.15, 0.2) is 72.8 Å². The highest BCUT2D eigenvalue weighted by Crippen LogP contribution is 2.20. The quantitative estimate of drug-likeness (QED) is 0.266. The summed E-state index contributed by atoms with van der Waals surface area (Å²) in [5, 5.41) is 33.1. The third kappa shape index (κ3) is 7.49. The summed E-state index contributed by atoms with van der Waals surface area (Å²) in [4.78, 5) is 24.4. The molecule has 0 bridgehead atoms. The monoisotopic (exact) mass is 502 g/mol. The highest BCUT2D eigenvalue weighted by molar-refractivity contribution is 7.15. The molecule has 0 radical (unpaired) electrons. The van der Waals surface area contributed by atoms with Crippen molar-refractivity contribution >= 4 is 34.1 Å². The van der Waals surface area contributed by atoms with Crippen LogP contribution in [0.3, 0.4) is 0 Å². The van der Waals surface area contributed by atoms with Gasteiger partial charge in [0.25, 0.3) is 5.91 Å². The van der Waals surface area contributed by atoms with Crippen molar-refractivity contribution in [2.45, 2.75) is 38.2 Å². The smallest absolute Gasteiger partial charge is 0.259 e. The van der Waals surface area contributed by atoms with Gasteiger partial charge in [-0.15, -0.1) is 15.3 Å². The molecule has 0 aliphatic heterocycles. The number of carbonyl (C=O) groups is 2. The van der Waals surface area contributed by atoms with E-state index in [4.69, 9.17) is 0 Å². The van der Waals surface area contributed by atoms with E-state index in [0.717, 1.165) is 41.9 Å². The maximum atomic E-state index is 12.2. The van der Waals surface area contributed by atoms with E-state index in [1.54, 1.807) is 30.3 Å². The Hall–Kier alpha value is -4.02. The molecule has 9 nitrogen and oxygen atoms in total. The highest BCUT2D eigenvalue weighted by Gasteiger charge is 2.18. The fraction of sp³-hybridized carbons (Fsp3) is 0.231. The average molecular weight is 503 g/mol. The molecule has 4 aromatic rings. The maximum absolute atomic E-state index is 12.2. The number of aryl methyl sites for hydroxylation is 2. The van der Waals surface area contributed by atoms with Crippen LogP contribution >= 0.6 is 11.3 Å². The Morgan fingerprint density at radius 1 is 0.806 bits per heavy atom. The molecule has 0 saturated carbocycles. The van der Waals surface area contributed by atoms with Crippen molar-refractivity contribution in [2.75, 3.05) is 10.6 Å². The summed E-state index contributed by atoms with van der Waals surface area (Å²) >= 11 is 1.29. The van der Waals surface area contributed by atoms with Crippen LogP contribution in [0, 0.1) is 0 Å². The first-order valence-corrected chi connectivity index (χ1v) is 12.4. The lowest BCUT2D eigenvalue weighted by Crippen LogP contribution is -2.20. The zero-order valence-electron chi connectivity index (χ0n) is 19.5. The minimum Gasteiger partial charge on any atom is -0.378 e. The van der Waals surface area contributed by atoms with E-state index in [1.807, 2.05) is 42.5 Å². The molecule has 0 saturated heterocycles. The number of nitrogens with one attached hydrogen (secondary N) is 2. The SMILES string of the molecule is O=C(Cc1ccccc1)Nc1ccc(CCCCc2nnc(NC(=O)[C@@H](O)c3ccccc3)s2)nn1. The van der Waals surface area contributed by atoms with Gasteiger partial charge < -0.3 is 10.4 Å². The molecular formula is C26H26N6O3S. The molecule has 2 amide bonds. The van der Waals surface area contributed by atoms with Gasteiger partial charge in [-0.2, -0.15) is 5.10 Å². The Morgan fingerprint density at radius 2 is 1.53 bits per heavy atom. The minimum atomic E-state index is -1.26. The van der Waals surface area contributed by atoms with Crippen LogP contribution in [0.2, 0.25) is 0 Å². The number of anilines is 2. The summed E-state index contributed by atoms with van der Waals surface area (Å²) in [6.45, 7) is 0. The number of aliphatic hydroxyl groups is 1. The van der Waals surface area contributed by atoms with Crippen molar-refractivity contribution in [1.29, 1.82) is 0 Å². The number of hydrogen-bond acceptors (Lipinski definition) is 8. The fourth-order valence-electron chi connectivity index (χ4n) is 3.48. The number of rotatable bonds is 11. The first-order chi connectivity index (χ1) is 17.6. The number of unbranched alkanes of at least 4 members (excludes halogenated alkanes) is 1. The summed E-state index contributed by atoms with van der Waals surface area (Å²) < 4.78 is 0. The van der Waals surface area contributed by atoms with Crippen LogP contribution in [0.25, 0.3) is 0 Å². The van der Waals surface area contributed by atoms with Crippen molar-refractivity contribution < 1.29 is 14.7 Å². The molecule has 10 heteroatoms. The molecule has 3 N–H and O–H groups in total. The van der Waals surface area contributed by atoms with Crippen LogP contribution in [0.4, 0.5) is 10.9 Å². The Bertz CT molecular complexity index is 1270. The van der Waals surface area contributed by atoms with Gasteiger partial charge in [-0.25, -0.2) is 0 Å². The number of aliphatic hydroxyl groups excluding tert-OH is 1. The van der Waals surface area contributed by atoms with Gasteiger partial charge in [-0.1, -0.05) is 72.0 Å². The molecule has 2 aromatic carbocycles. The van der Waals surface area contributed by atoms with Gasteiger partial charge >= 0.3 is 0 Å². The first-order valence-electron chi connectivity index (χ1n) is 11.6. The molecule has 0 aliphatic carbocycles. The second-order valence-corrected chi connectivity index (χ2v) is 9.19. The van der Waals surface area contributed by atoms with E-state index in [-0.39, 0.29) is 12.3 Å². The number of amides is 2. The van der Waals surface area contributed by atoms with Crippen LogP contribution in [0.1, 0.15) is 40.8 Å². The summed E-state index contributed by atoms with van der Waals surface area (Å²) in [5.41, 5.74) is 2.30. The summed E-state index contributed by atoms with van der Waals surface area (Å²) in [5.74, 6) is -0.242. The molecule has 36 heavy (non-hydrogen) atoms. The van der Waals surface area contributed by atoms with Crippen LogP contribution in [-0.4, -0.2) is 37.3 Å². The number of benzene rings is 2. The Balaban J connectivity index is 1.16. The lowest BCUT2D eigenvalue weighted by atomic mass is 10.1. The van der Waals surface area contributed by atoms with Gasteiger partial charge in [-0.3, -0.25) is 14.9 Å². The predicted octanol–water partition coefficient (Wildman–Crippen LogP) is 3.75. The molecule has 0 unspecified atom stereocenters. The molecular weight excluding hydrogens is 476 g/mol. The van der Waals surface area contributed by atoms with Gasteiger partial charge in [0.1, 0.15) is 5.01 Å². The molecule has 0 aliphatic rings. The molecule has 1 atom stereocenters. The molecule has 184 valence electrons. The Kier molecular flexibility index (Phi) is 8.79. The summed E-state index contributed by atoms with van der Waals surface area (Å²) in [6.07, 6.45) is 2.24. The lowest BCUT2D eigenvalue weighted by molar-refractivity contribution is -0.124. The number of aromatic nitrogens is 4. The Labute approximate surface area is 212 Å². The van der Waals surface area contributed by atoms with Crippen LogP contribution in [0.5, 0.6) is 0 Å². The minimum absolute atomic E-state index is 0.134. The third-order valence-electron chi connectivity index (χ3n) is 5.33. The largest absolute Gasteiger partial charge is 0.378 e. The van der Waals surface area contributed by atoms with E-state index >= 15 is 0 Å². The van der Waals surface area contributed by atoms with Gasteiger partial charge in [0, 0.05) is 6.42 Å². The second-order valence-electron chi connectivity index (χ2n) is 8.13. The average Bonchev–Trinajstić information content (AvgIpc) is 3.35. The van der Waals surface area contributed by atoms with E-state index in [1.165, 1.54) is 11.3 Å². The van der Waals surface area contributed by atoms with Crippen LogP contribution < -0.4 is 10.6 Å². The van der Waals surface area contributed by atoms with Gasteiger partial charge in [0.15, 0.2) is 11.9 Å². The molecule has 0 fully saturated rings. The van der Waals surface area contributed by atoms with Crippen LogP contribution in [-0.2, 0) is 28.9 Å². The van der Waals surface area contributed by atoms with Crippen molar-refractivity contribution in [3.05, 3.63) is 94.6 Å². The van der Waals surface area contributed by atoms with Gasteiger partial charge in [0.05, 0.1) is 12.1 Å². The third-order valence-corrected chi connectivity index (χ3v) is 6.23. The van der Waals surface area contributed by atoms with E-state index in [9.17, 15) is 14.7 Å². The molecule has 0 spiro atoms. The van der Waals surface area contributed by atoms with Crippen molar-refractivity contribution in [1.82, 2.24) is 20.4 Å². The van der Waals surface area contributed by atoms with E-state index < -0.39 is 12.0 Å². The van der Waals surface area contributed by atoms with Gasteiger partial charge in [0.2, 0.25) is 11.0 Å². The highest BCUT2D eigenvalue weighted by atomic mass is 32.1. The lowest BCUT2D eigenvalue weighted by Gasteiger charge is -2.09. The standard InChI is InChI=1S/C26H26N6O3S/c33-22(17-18-9-3-1-4-10-18)27-21-16-15-20(29-30-21)13-7-8-14-23-31-32-26(36-23)28-25(35)24(34)19-11-5-2-6-12-19/h1-6,9-12,15-16,24,34H,7-8,13-14,17H2,(H,27,30,33)(H,28,32,35)/t24-/m0/s1. The summed E-state index contributed by atoms with van der Waals surface area (Å²) in [7, 11) is 0. The van der Waals surface area contributed by atoms with Gasteiger partial charge in [-0.05, 0) is 42.5 Å². The van der Waals surface area contributed by atoms with E-state index in [2.05, 4.69) is 31.0 Å². The fourth-order valence-corrected chi connectivity index (χ4v) is 4.26. The van der Waals surface area contributed by atoms with Crippen molar-refractivity contribution in [3.63, 3.8) is 0 Å². The number of carbonyl (C=O) groups excluding carboxylic acids is 2. The van der Waals surface area contributed by atoms with Crippen molar-refractivity contribution in [2.24, 2.45) is 0 Å². The first kappa shape index (κ1) is 25.1. The number of hydrogen-bond donors (Lipinski definition) is 3. The molecule has 2 aromatic heterocycles. The molecule has 2 heterocycles. The van der Waals surface area contributed by atoms with Crippen molar-refractivity contribution in [3.8, 4) is 0 Å². The maximum Gasteiger partial charge on any atom is 0.259 e. The second kappa shape index (κ2) is 12.6. The van der Waals surface area contributed by atoms with E-state index in [0.29, 0.717) is 16.5 Å². The zero-order valence-corrected chi connectivity index (χ0v) is 20.3. The zero-order chi connectivity index (χ0) is 25.2. The number of nitrogens with zero attached hydrogens (tertiary/aromatic N) is 4. The normalized spacial score (nSPS) is 11.6.